The normalized spacial score (nSPS) is 12.8. The molecule has 0 fully saturated rings. The van der Waals surface area contributed by atoms with Crippen LogP contribution < -0.4 is 5.32 Å². The lowest BCUT2D eigenvalue weighted by atomic mass is 10.2. The van der Waals surface area contributed by atoms with Crippen LogP contribution in [0.25, 0.3) is 0 Å². The summed E-state index contributed by atoms with van der Waals surface area (Å²) >= 11 is 1.88. The number of aliphatic carboxylic acids is 1. The van der Waals surface area contributed by atoms with E-state index in [1.807, 2.05) is 18.7 Å². The summed E-state index contributed by atoms with van der Waals surface area (Å²) in [4.78, 5) is 10.2. The molecule has 0 rings (SSSR count). The second-order valence-electron chi connectivity index (χ2n) is 2.66. The zero-order chi connectivity index (χ0) is 9.40. The Balaban J connectivity index is 3.21. The van der Waals surface area contributed by atoms with E-state index in [9.17, 15) is 4.79 Å². The summed E-state index contributed by atoms with van der Waals surface area (Å²) in [5.41, 5.74) is 0. The summed E-state index contributed by atoms with van der Waals surface area (Å²) in [6, 6.07) is 0.306. The summed E-state index contributed by atoms with van der Waals surface area (Å²) in [6.07, 6.45) is 1.03. The van der Waals surface area contributed by atoms with E-state index in [0.29, 0.717) is 6.04 Å². The van der Waals surface area contributed by atoms with E-state index >= 15 is 0 Å². The van der Waals surface area contributed by atoms with Crippen molar-refractivity contribution >= 4 is 17.7 Å². The van der Waals surface area contributed by atoms with Crippen molar-refractivity contribution in [3.63, 3.8) is 0 Å². The number of carboxylic acid groups (broad SMARTS) is 1. The average molecular weight is 191 g/mol. The molecule has 0 aliphatic heterocycles. The Kier molecular flexibility index (Phi) is 7.29. The van der Waals surface area contributed by atoms with Gasteiger partial charge in [-0.1, -0.05) is 6.92 Å². The van der Waals surface area contributed by atoms with Gasteiger partial charge in [0.25, 0.3) is 0 Å². The van der Waals surface area contributed by atoms with Gasteiger partial charge < -0.3 is 10.4 Å². The second-order valence-corrected chi connectivity index (χ2v) is 4.06. The van der Waals surface area contributed by atoms with Gasteiger partial charge in [0.05, 0.1) is 6.54 Å². The van der Waals surface area contributed by atoms with Crippen LogP contribution in [-0.2, 0) is 4.79 Å². The molecule has 1 unspecified atom stereocenters. The van der Waals surface area contributed by atoms with Crippen molar-refractivity contribution in [3.05, 3.63) is 0 Å². The van der Waals surface area contributed by atoms with E-state index in [0.717, 1.165) is 17.9 Å². The van der Waals surface area contributed by atoms with Crippen molar-refractivity contribution in [3.8, 4) is 0 Å². The van der Waals surface area contributed by atoms with E-state index < -0.39 is 5.97 Å². The molecule has 0 spiro atoms. The molecule has 0 saturated carbocycles. The van der Waals surface area contributed by atoms with E-state index in [4.69, 9.17) is 5.11 Å². The third-order valence-corrected chi connectivity index (χ3v) is 2.43. The summed E-state index contributed by atoms with van der Waals surface area (Å²) in [7, 11) is 0. The fourth-order valence-corrected chi connectivity index (χ4v) is 1.58. The molecule has 4 heteroatoms. The molecule has 2 N–H and O–H groups in total. The zero-order valence-electron chi connectivity index (χ0n) is 7.67. The number of carboxylic acids is 1. The van der Waals surface area contributed by atoms with Crippen molar-refractivity contribution in [2.75, 3.05) is 18.1 Å². The van der Waals surface area contributed by atoms with E-state index in [1.165, 1.54) is 0 Å². The fourth-order valence-electron chi connectivity index (χ4n) is 0.768. The van der Waals surface area contributed by atoms with Crippen LogP contribution in [0, 0.1) is 0 Å². The van der Waals surface area contributed by atoms with Gasteiger partial charge in [0, 0.05) is 6.04 Å². The van der Waals surface area contributed by atoms with Gasteiger partial charge in [0.1, 0.15) is 0 Å². The lowest BCUT2D eigenvalue weighted by Gasteiger charge is -2.10. The monoisotopic (exact) mass is 191 g/mol. The maximum Gasteiger partial charge on any atom is 0.317 e. The van der Waals surface area contributed by atoms with Crippen molar-refractivity contribution in [2.24, 2.45) is 0 Å². The molecule has 72 valence electrons. The molecule has 0 aromatic heterocycles. The molecule has 0 aromatic carbocycles. The maximum absolute atomic E-state index is 10.2. The SMILES string of the molecule is CCSCCC(C)NCC(=O)O. The average Bonchev–Trinajstić information content (AvgIpc) is 2.01. The molecular weight excluding hydrogens is 174 g/mol. The van der Waals surface area contributed by atoms with Gasteiger partial charge in [-0.3, -0.25) is 4.79 Å². The van der Waals surface area contributed by atoms with Crippen molar-refractivity contribution < 1.29 is 9.90 Å². The molecule has 3 nitrogen and oxygen atoms in total. The number of nitrogens with one attached hydrogen (secondary N) is 1. The van der Waals surface area contributed by atoms with E-state index in [2.05, 4.69) is 12.2 Å². The largest absolute Gasteiger partial charge is 0.480 e. The van der Waals surface area contributed by atoms with Crippen molar-refractivity contribution in [1.82, 2.24) is 5.32 Å². The predicted octanol–water partition coefficient (Wildman–Crippen LogP) is 1.19. The quantitative estimate of drug-likeness (QED) is 0.594. The van der Waals surface area contributed by atoms with Crippen LogP contribution in [0.2, 0.25) is 0 Å². The molecule has 1 atom stereocenters. The lowest BCUT2D eigenvalue weighted by molar-refractivity contribution is -0.136. The Bertz CT molecular complexity index is 130. The third-order valence-electron chi connectivity index (χ3n) is 1.50. The summed E-state index contributed by atoms with van der Waals surface area (Å²) < 4.78 is 0. The highest BCUT2D eigenvalue weighted by Crippen LogP contribution is 2.03. The number of rotatable bonds is 7. The number of thioether (sulfide) groups is 1. The Morgan fingerprint density at radius 1 is 1.67 bits per heavy atom. The molecule has 0 aliphatic rings. The van der Waals surface area contributed by atoms with Gasteiger partial charge in [-0.05, 0) is 24.9 Å². The minimum atomic E-state index is -0.787. The van der Waals surface area contributed by atoms with Crippen LogP contribution in [-0.4, -0.2) is 35.2 Å². The van der Waals surface area contributed by atoms with Crippen molar-refractivity contribution in [1.29, 1.82) is 0 Å². The molecule has 0 radical (unpaired) electrons. The Morgan fingerprint density at radius 2 is 2.33 bits per heavy atom. The highest BCUT2D eigenvalue weighted by atomic mass is 32.2. The second kappa shape index (κ2) is 7.43. The highest BCUT2D eigenvalue weighted by molar-refractivity contribution is 7.99. The van der Waals surface area contributed by atoms with Crippen molar-refractivity contribution in [2.45, 2.75) is 26.3 Å². The van der Waals surface area contributed by atoms with E-state index in [-0.39, 0.29) is 6.54 Å². The minimum absolute atomic E-state index is 0.0674. The smallest absolute Gasteiger partial charge is 0.317 e. The van der Waals surface area contributed by atoms with Gasteiger partial charge in [-0.25, -0.2) is 0 Å². The lowest BCUT2D eigenvalue weighted by Crippen LogP contribution is -2.31. The standard InChI is InChI=1S/C8H17NO2S/c1-3-12-5-4-7(2)9-6-8(10)11/h7,9H,3-6H2,1-2H3,(H,10,11). The summed E-state index contributed by atoms with van der Waals surface area (Å²) in [6.45, 7) is 4.21. The highest BCUT2D eigenvalue weighted by Gasteiger charge is 2.02. The summed E-state index contributed by atoms with van der Waals surface area (Å²) in [5.74, 6) is 1.45. The first kappa shape index (κ1) is 11.8. The zero-order valence-corrected chi connectivity index (χ0v) is 8.49. The van der Waals surface area contributed by atoms with E-state index in [1.54, 1.807) is 0 Å². The van der Waals surface area contributed by atoms with Crippen LogP contribution in [0.15, 0.2) is 0 Å². The van der Waals surface area contributed by atoms with Gasteiger partial charge >= 0.3 is 5.97 Å². The minimum Gasteiger partial charge on any atom is -0.480 e. The van der Waals surface area contributed by atoms with Crippen LogP contribution in [0.5, 0.6) is 0 Å². The first-order chi connectivity index (χ1) is 5.66. The Hall–Kier alpha value is -0.220. The molecule has 0 heterocycles. The predicted molar refractivity (Wildman–Crippen MR) is 52.7 cm³/mol. The Morgan fingerprint density at radius 3 is 2.83 bits per heavy atom. The molecule has 0 bridgehead atoms. The van der Waals surface area contributed by atoms with Gasteiger partial charge in [-0.15, -0.1) is 0 Å². The summed E-state index contributed by atoms with van der Waals surface area (Å²) in [5, 5.41) is 11.3. The third kappa shape index (κ3) is 7.88. The van der Waals surface area contributed by atoms with Gasteiger partial charge in [-0.2, -0.15) is 11.8 Å². The number of carbonyl (C=O) groups is 1. The van der Waals surface area contributed by atoms with Crippen LogP contribution in [0.1, 0.15) is 20.3 Å². The maximum atomic E-state index is 10.2. The topological polar surface area (TPSA) is 49.3 Å². The van der Waals surface area contributed by atoms with Gasteiger partial charge in [0.15, 0.2) is 0 Å². The van der Waals surface area contributed by atoms with Crippen LogP contribution in [0.4, 0.5) is 0 Å². The molecular formula is C8H17NO2S. The molecule has 0 aromatic rings. The first-order valence-corrected chi connectivity index (χ1v) is 5.35. The molecule has 12 heavy (non-hydrogen) atoms. The first-order valence-electron chi connectivity index (χ1n) is 4.19. The number of hydrogen-bond donors (Lipinski definition) is 2. The number of hydrogen-bond acceptors (Lipinski definition) is 3. The Labute approximate surface area is 77.9 Å². The molecule has 0 aliphatic carbocycles. The molecule has 0 amide bonds. The van der Waals surface area contributed by atoms with Gasteiger partial charge in [0.2, 0.25) is 0 Å². The fraction of sp³-hybridized carbons (Fsp3) is 0.875. The van der Waals surface area contributed by atoms with Crippen LogP contribution in [0.3, 0.4) is 0 Å². The molecule has 0 saturated heterocycles. The van der Waals surface area contributed by atoms with Crippen LogP contribution >= 0.6 is 11.8 Å².